The molecule has 0 aromatic heterocycles. The zero-order chi connectivity index (χ0) is 16.6. The molecule has 0 aliphatic heterocycles. The molecule has 0 aliphatic rings. The molecule has 1 aromatic rings. The Morgan fingerprint density at radius 3 is 2.14 bits per heavy atom. The van der Waals surface area contributed by atoms with E-state index in [0.29, 0.717) is 0 Å². The quantitative estimate of drug-likeness (QED) is 0.337. The van der Waals surface area contributed by atoms with Crippen LogP contribution in [0.25, 0.3) is 0 Å². The highest BCUT2D eigenvalue weighted by Crippen LogP contribution is 2.49. The fourth-order valence-corrected chi connectivity index (χ4v) is 2.85. The number of nitrogens with zero attached hydrogens (tertiary/aromatic N) is 1. The molecule has 8 nitrogen and oxygen atoms in total. The first-order valence-corrected chi connectivity index (χ1v) is 8.02. The Kier molecular flexibility index (Phi) is 6.91. The molecule has 0 atom stereocenters. The number of hydrogen-bond acceptors (Lipinski definition) is 7. The van der Waals surface area contributed by atoms with Crippen molar-refractivity contribution in [3.8, 4) is 0 Å². The molecule has 0 saturated carbocycles. The van der Waals surface area contributed by atoms with Gasteiger partial charge in [0.15, 0.2) is 0 Å². The van der Waals surface area contributed by atoms with Crippen LogP contribution in [0, 0.1) is 0 Å². The Morgan fingerprint density at radius 1 is 1.14 bits per heavy atom. The van der Waals surface area contributed by atoms with E-state index in [1.807, 2.05) is 0 Å². The fourth-order valence-electron chi connectivity index (χ4n) is 1.44. The first-order chi connectivity index (χ1) is 10.4. The number of benzene rings is 1. The maximum Gasteiger partial charge on any atom is 0.388 e. The number of hydrogen-bond donors (Lipinski definition) is 1. The third kappa shape index (κ3) is 4.77. The van der Waals surface area contributed by atoms with E-state index < -0.39 is 24.9 Å². The molecule has 1 aromatic carbocycles. The summed E-state index contributed by atoms with van der Waals surface area (Å²) >= 11 is 0. The van der Waals surface area contributed by atoms with Gasteiger partial charge in [0.05, 0.1) is 18.8 Å². The summed E-state index contributed by atoms with van der Waals surface area (Å²) in [5, 5.41) is 3.29. The monoisotopic (exact) mass is 328 g/mol. The van der Waals surface area contributed by atoms with E-state index >= 15 is 0 Å². The molecule has 0 unspecified atom stereocenters. The molecule has 0 bridgehead atoms. The van der Waals surface area contributed by atoms with Crippen LogP contribution in [0.3, 0.4) is 0 Å². The second-order valence-electron chi connectivity index (χ2n) is 3.86. The Bertz CT molecular complexity index is 592. The van der Waals surface area contributed by atoms with Crippen molar-refractivity contribution in [3.05, 3.63) is 35.9 Å². The highest BCUT2D eigenvalue weighted by atomic mass is 31.2. The van der Waals surface area contributed by atoms with Gasteiger partial charge in [-0.15, -0.1) is 0 Å². The van der Waals surface area contributed by atoms with Crippen molar-refractivity contribution in [3.63, 3.8) is 0 Å². The summed E-state index contributed by atoms with van der Waals surface area (Å²) in [5.74, 6) is -2.00. The van der Waals surface area contributed by atoms with Crippen LogP contribution in [0.4, 0.5) is 0 Å². The molecule has 0 radical (unpaired) electrons. The van der Waals surface area contributed by atoms with Gasteiger partial charge in [0, 0.05) is 0 Å². The zero-order valence-electron chi connectivity index (χ0n) is 12.2. The smallest absolute Gasteiger partial charge is 0.364 e. The summed E-state index contributed by atoms with van der Waals surface area (Å²) in [6.45, 7) is 3.10. The van der Waals surface area contributed by atoms with Crippen LogP contribution < -0.4 is 5.73 Å². The van der Waals surface area contributed by atoms with Crippen molar-refractivity contribution in [2.45, 2.75) is 13.8 Å². The second kappa shape index (κ2) is 8.43. The van der Waals surface area contributed by atoms with Crippen LogP contribution in [0.15, 0.2) is 35.5 Å². The van der Waals surface area contributed by atoms with Gasteiger partial charge in [-0.05, 0) is 26.0 Å². The van der Waals surface area contributed by atoms with Gasteiger partial charge in [-0.3, -0.25) is 9.36 Å². The third-order valence-electron chi connectivity index (χ3n) is 2.30. The number of oxime groups is 1. The maximum atomic E-state index is 12.4. The minimum absolute atomic E-state index is 0.00376. The Labute approximate surface area is 127 Å². The first kappa shape index (κ1) is 18.0. The number of primary amides is 1. The van der Waals surface area contributed by atoms with Gasteiger partial charge in [-0.25, -0.2) is 4.79 Å². The number of amides is 1. The van der Waals surface area contributed by atoms with Crippen LogP contribution in [0.1, 0.15) is 24.2 Å². The summed E-state index contributed by atoms with van der Waals surface area (Å²) in [4.78, 5) is 27.8. The van der Waals surface area contributed by atoms with Crippen LogP contribution in [0.5, 0.6) is 0 Å². The van der Waals surface area contributed by atoms with E-state index in [-0.39, 0.29) is 18.8 Å². The normalized spacial score (nSPS) is 12.0. The predicted molar refractivity (Wildman–Crippen MR) is 79.3 cm³/mol. The summed E-state index contributed by atoms with van der Waals surface area (Å²) in [7, 11) is -4.04. The van der Waals surface area contributed by atoms with Gasteiger partial charge in [-0.2, -0.15) is 0 Å². The summed E-state index contributed by atoms with van der Waals surface area (Å²) in [6.07, 6.45) is 0. The molecular formula is C13H17N2O6P. The molecule has 9 heteroatoms. The van der Waals surface area contributed by atoms with Crippen LogP contribution in [-0.4, -0.2) is 30.5 Å². The molecule has 120 valence electrons. The number of nitrogens with two attached hydrogens (primary N) is 1. The number of carbonyl (C=O) groups excluding carboxylic acids is 2. The molecule has 0 fully saturated rings. The van der Waals surface area contributed by atoms with E-state index in [9.17, 15) is 14.2 Å². The average Bonchev–Trinajstić information content (AvgIpc) is 2.48. The average molecular weight is 328 g/mol. The Balaban J connectivity index is 3.02. The van der Waals surface area contributed by atoms with E-state index in [4.69, 9.17) is 14.8 Å². The summed E-state index contributed by atoms with van der Waals surface area (Å²) in [6, 6.07) is 7.95. The minimum Gasteiger partial charge on any atom is -0.364 e. The summed E-state index contributed by atoms with van der Waals surface area (Å²) in [5.41, 5.74) is 4.56. The van der Waals surface area contributed by atoms with E-state index in [1.165, 1.54) is 12.1 Å². The molecule has 0 aliphatic carbocycles. The topological polar surface area (TPSA) is 117 Å². The third-order valence-corrected chi connectivity index (χ3v) is 4.32. The van der Waals surface area contributed by atoms with Crippen LogP contribution in [-0.2, 0) is 23.2 Å². The number of rotatable bonds is 8. The predicted octanol–water partition coefficient (Wildman–Crippen LogP) is 1.91. The van der Waals surface area contributed by atoms with Gasteiger partial charge in [-0.1, -0.05) is 23.4 Å². The van der Waals surface area contributed by atoms with Crippen LogP contribution in [0.2, 0.25) is 0 Å². The van der Waals surface area contributed by atoms with E-state index in [2.05, 4.69) is 9.99 Å². The lowest BCUT2D eigenvalue weighted by Crippen LogP contribution is -2.26. The lowest BCUT2D eigenvalue weighted by molar-refractivity contribution is -0.111. The number of carbonyl (C=O) groups is 2. The summed E-state index contributed by atoms with van der Waals surface area (Å²) < 4.78 is 22.3. The minimum atomic E-state index is -4.04. The Hall–Kier alpha value is -2.02. The lowest BCUT2D eigenvalue weighted by atomic mass is 10.2. The molecular weight excluding hydrogens is 311 g/mol. The van der Waals surface area contributed by atoms with Crippen molar-refractivity contribution in [1.29, 1.82) is 0 Å². The molecule has 0 heterocycles. The van der Waals surface area contributed by atoms with Crippen LogP contribution >= 0.6 is 7.60 Å². The first-order valence-electron chi connectivity index (χ1n) is 6.48. The second-order valence-corrected chi connectivity index (χ2v) is 5.79. The van der Waals surface area contributed by atoms with E-state index in [0.717, 1.165) is 0 Å². The molecule has 1 rings (SSSR count). The van der Waals surface area contributed by atoms with Crippen molar-refractivity contribution in [1.82, 2.24) is 0 Å². The fraction of sp³-hybridized carbons (Fsp3) is 0.308. The lowest BCUT2D eigenvalue weighted by Gasteiger charge is -2.16. The van der Waals surface area contributed by atoms with Gasteiger partial charge in [0.25, 0.3) is 11.4 Å². The molecule has 0 spiro atoms. The zero-order valence-corrected chi connectivity index (χ0v) is 13.1. The van der Waals surface area contributed by atoms with Crippen molar-refractivity contribution in [2.75, 3.05) is 13.2 Å². The van der Waals surface area contributed by atoms with E-state index in [1.54, 1.807) is 32.0 Å². The van der Waals surface area contributed by atoms with Gasteiger partial charge in [0.2, 0.25) is 0 Å². The Morgan fingerprint density at radius 2 is 1.68 bits per heavy atom. The highest BCUT2D eigenvalue weighted by molar-refractivity contribution is 7.75. The highest BCUT2D eigenvalue weighted by Gasteiger charge is 2.37. The van der Waals surface area contributed by atoms with Crippen molar-refractivity contribution >= 4 is 24.9 Å². The standard InChI is InChI=1S/C13H17N2O6P/c1-3-19-22(18,20-4-2)12(11(14)16)15-21-13(17)10-8-6-5-7-9-10/h5-9H,3-4H2,1-2H3,(H2,14,16)/b15-12+. The van der Waals surface area contributed by atoms with Gasteiger partial charge in [0.1, 0.15) is 0 Å². The maximum absolute atomic E-state index is 12.4. The molecule has 1 amide bonds. The van der Waals surface area contributed by atoms with Gasteiger partial charge < -0.3 is 19.6 Å². The SMILES string of the molecule is CCOP(=O)(OCC)/C(=N/OC(=O)c1ccccc1)C(N)=O. The van der Waals surface area contributed by atoms with Crippen molar-refractivity contribution < 1.29 is 28.0 Å². The molecule has 0 saturated heterocycles. The largest absolute Gasteiger partial charge is 0.388 e. The molecule has 2 N–H and O–H groups in total. The van der Waals surface area contributed by atoms with Crippen molar-refractivity contribution in [2.24, 2.45) is 10.9 Å². The molecule has 22 heavy (non-hydrogen) atoms. The van der Waals surface area contributed by atoms with Gasteiger partial charge >= 0.3 is 13.6 Å².